The number of anilines is 1. The zero-order chi connectivity index (χ0) is 14.4. The highest BCUT2D eigenvalue weighted by Crippen LogP contribution is 2.17. The van der Waals surface area contributed by atoms with Crippen LogP contribution in [0.3, 0.4) is 0 Å². The van der Waals surface area contributed by atoms with Crippen molar-refractivity contribution in [3.63, 3.8) is 0 Å². The fourth-order valence-corrected chi connectivity index (χ4v) is 2.38. The second-order valence-electron chi connectivity index (χ2n) is 4.27. The monoisotopic (exact) mass is 290 g/mol. The van der Waals surface area contributed by atoms with Gasteiger partial charge < -0.3 is 5.32 Å². The summed E-state index contributed by atoms with van der Waals surface area (Å²) < 4.78 is 0. The summed E-state index contributed by atoms with van der Waals surface area (Å²) in [5, 5.41) is 10.4. The molecule has 0 aliphatic rings. The first kappa shape index (κ1) is 14.6. The quantitative estimate of drug-likeness (QED) is 0.802. The minimum atomic E-state index is -0.0428. The Morgan fingerprint density at radius 3 is 2.80 bits per heavy atom. The fraction of sp³-hybridized carbons (Fsp3) is 0.357. The van der Waals surface area contributed by atoms with Crippen molar-refractivity contribution < 1.29 is 4.79 Å². The molecule has 6 heteroatoms. The summed E-state index contributed by atoms with van der Waals surface area (Å²) in [6.45, 7) is 4.07. The Bertz CT molecular complexity index is 582. The number of thioether (sulfide) groups is 1. The molecule has 0 saturated heterocycles. The molecule has 0 spiro atoms. The molecule has 106 valence electrons. The van der Waals surface area contributed by atoms with E-state index in [9.17, 15) is 4.79 Å². The Balaban J connectivity index is 1.89. The Labute approximate surface area is 122 Å². The molecule has 0 aliphatic carbocycles. The third-order valence-electron chi connectivity index (χ3n) is 2.85. The maximum atomic E-state index is 11.9. The number of H-pyrrole nitrogens is 1. The van der Waals surface area contributed by atoms with Gasteiger partial charge in [-0.05, 0) is 18.1 Å². The van der Waals surface area contributed by atoms with Gasteiger partial charge >= 0.3 is 0 Å². The second-order valence-corrected chi connectivity index (χ2v) is 5.21. The fourth-order valence-electron chi connectivity index (χ4n) is 1.77. The zero-order valence-corrected chi connectivity index (χ0v) is 12.5. The molecule has 0 bridgehead atoms. The molecule has 1 amide bonds. The second kappa shape index (κ2) is 7.09. The summed E-state index contributed by atoms with van der Waals surface area (Å²) >= 11 is 1.33. The van der Waals surface area contributed by atoms with Crippen molar-refractivity contribution in [1.82, 2.24) is 15.2 Å². The lowest BCUT2D eigenvalue weighted by Crippen LogP contribution is -2.15. The van der Waals surface area contributed by atoms with Gasteiger partial charge in [0.25, 0.3) is 0 Å². The molecule has 1 aromatic heterocycles. The van der Waals surface area contributed by atoms with Gasteiger partial charge in [0.15, 0.2) is 0 Å². The molecular formula is C14H18N4OS. The first-order valence-corrected chi connectivity index (χ1v) is 7.63. The number of hydrogen-bond acceptors (Lipinski definition) is 4. The van der Waals surface area contributed by atoms with Crippen LogP contribution in [0, 0.1) is 0 Å². The van der Waals surface area contributed by atoms with E-state index in [1.54, 1.807) is 0 Å². The molecule has 1 aromatic carbocycles. The van der Waals surface area contributed by atoms with Gasteiger partial charge in [-0.1, -0.05) is 43.8 Å². The molecular weight excluding hydrogens is 272 g/mol. The number of para-hydroxylation sites is 1. The number of hydrogen-bond donors (Lipinski definition) is 2. The van der Waals surface area contributed by atoms with Crippen molar-refractivity contribution >= 4 is 23.4 Å². The van der Waals surface area contributed by atoms with E-state index in [1.165, 1.54) is 11.8 Å². The summed E-state index contributed by atoms with van der Waals surface area (Å²) in [4.78, 5) is 16.2. The van der Waals surface area contributed by atoms with Gasteiger partial charge in [-0.3, -0.25) is 9.89 Å². The lowest BCUT2D eigenvalue weighted by molar-refractivity contribution is -0.113. The molecule has 5 nitrogen and oxygen atoms in total. The summed E-state index contributed by atoms with van der Waals surface area (Å²) in [5.41, 5.74) is 2.02. The molecule has 0 radical (unpaired) electrons. The van der Waals surface area contributed by atoms with E-state index in [-0.39, 0.29) is 5.91 Å². The summed E-state index contributed by atoms with van der Waals surface area (Å²) in [6.07, 6.45) is 1.70. The van der Waals surface area contributed by atoms with Gasteiger partial charge in [-0.15, -0.1) is 5.10 Å². The van der Waals surface area contributed by atoms with Gasteiger partial charge in [0.1, 0.15) is 5.82 Å². The zero-order valence-electron chi connectivity index (χ0n) is 11.6. The highest BCUT2D eigenvalue weighted by atomic mass is 32.2. The number of carbonyl (C=O) groups is 1. The van der Waals surface area contributed by atoms with Crippen LogP contribution >= 0.6 is 11.8 Å². The molecule has 20 heavy (non-hydrogen) atoms. The van der Waals surface area contributed by atoms with Crippen molar-refractivity contribution in [2.45, 2.75) is 31.8 Å². The van der Waals surface area contributed by atoms with Gasteiger partial charge in [-0.25, -0.2) is 4.98 Å². The van der Waals surface area contributed by atoms with Crippen molar-refractivity contribution in [3.8, 4) is 0 Å². The molecule has 0 fully saturated rings. The van der Waals surface area contributed by atoms with Crippen LogP contribution in [0.1, 0.15) is 25.2 Å². The van der Waals surface area contributed by atoms with Crippen LogP contribution in [0.5, 0.6) is 0 Å². The minimum absolute atomic E-state index is 0.0428. The number of nitrogens with zero attached hydrogens (tertiary/aromatic N) is 2. The average Bonchev–Trinajstić information content (AvgIpc) is 2.94. The van der Waals surface area contributed by atoms with Crippen LogP contribution in [0.15, 0.2) is 29.4 Å². The van der Waals surface area contributed by atoms with Gasteiger partial charge in [0.2, 0.25) is 11.1 Å². The SMILES string of the molecule is CCc1nc(SCC(=O)Nc2ccccc2CC)n[nH]1. The topological polar surface area (TPSA) is 70.7 Å². The van der Waals surface area contributed by atoms with E-state index >= 15 is 0 Å². The highest BCUT2D eigenvalue weighted by molar-refractivity contribution is 7.99. The van der Waals surface area contributed by atoms with E-state index in [1.807, 2.05) is 31.2 Å². The Morgan fingerprint density at radius 2 is 2.10 bits per heavy atom. The van der Waals surface area contributed by atoms with Crippen LogP contribution in [0.2, 0.25) is 0 Å². The molecule has 0 aliphatic heterocycles. The molecule has 1 heterocycles. The number of aryl methyl sites for hydroxylation is 2. The molecule has 2 aromatic rings. The molecule has 0 unspecified atom stereocenters. The van der Waals surface area contributed by atoms with E-state index in [0.29, 0.717) is 10.9 Å². The lowest BCUT2D eigenvalue weighted by Gasteiger charge is -2.08. The third kappa shape index (κ3) is 3.84. The van der Waals surface area contributed by atoms with Crippen molar-refractivity contribution in [2.75, 3.05) is 11.1 Å². The van der Waals surface area contributed by atoms with E-state index in [4.69, 9.17) is 0 Å². The van der Waals surface area contributed by atoms with E-state index in [2.05, 4.69) is 27.4 Å². The average molecular weight is 290 g/mol. The smallest absolute Gasteiger partial charge is 0.234 e. The molecule has 2 rings (SSSR count). The van der Waals surface area contributed by atoms with E-state index < -0.39 is 0 Å². The van der Waals surface area contributed by atoms with Gasteiger partial charge in [0.05, 0.1) is 5.75 Å². The largest absolute Gasteiger partial charge is 0.325 e. The van der Waals surface area contributed by atoms with Crippen molar-refractivity contribution in [3.05, 3.63) is 35.7 Å². The lowest BCUT2D eigenvalue weighted by atomic mass is 10.1. The number of amides is 1. The normalized spacial score (nSPS) is 10.5. The van der Waals surface area contributed by atoms with Crippen molar-refractivity contribution in [2.24, 2.45) is 0 Å². The van der Waals surface area contributed by atoms with Crippen LogP contribution in [0.25, 0.3) is 0 Å². The Morgan fingerprint density at radius 1 is 1.30 bits per heavy atom. The minimum Gasteiger partial charge on any atom is -0.325 e. The molecule has 0 saturated carbocycles. The maximum Gasteiger partial charge on any atom is 0.234 e. The summed E-state index contributed by atoms with van der Waals surface area (Å²) in [6, 6.07) is 7.84. The Hall–Kier alpha value is -1.82. The number of carbonyl (C=O) groups excluding carboxylic acids is 1. The standard InChI is InChI=1S/C14H18N4OS/c1-3-10-7-5-6-8-11(10)15-13(19)9-20-14-16-12(4-2)17-18-14/h5-8H,3-4,9H2,1-2H3,(H,15,19)(H,16,17,18). The van der Waals surface area contributed by atoms with Crippen LogP contribution in [-0.2, 0) is 17.6 Å². The number of benzene rings is 1. The Kier molecular flexibility index (Phi) is 5.17. The van der Waals surface area contributed by atoms with Crippen LogP contribution in [-0.4, -0.2) is 26.8 Å². The number of rotatable bonds is 6. The highest BCUT2D eigenvalue weighted by Gasteiger charge is 2.08. The number of aromatic nitrogens is 3. The maximum absolute atomic E-state index is 11.9. The third-order valence-corrected chi connectivity index (χ3v) is 3.70. The summed E-state index contributed by atoms with van der Waals surface area (Å²) in [5.74, 6) is 1.10. The van der Waals surface area contributed by atoms with Crippen LogP contribution < -0.4 is 5.32 Å². The summed E-state index contributed by atoms with van der Waals surface area (Å²) in [7, 11) is 0. The van der Waals surface area contributed by atoms with E-state index in [0.717, 1.165) is 29.9 Å². The number of nitrogens with one attached hydrogen (secondary N) is 2. The first-order chi connectivity index (χ1) is 9.72. The predicted molar refractivity (Wildman–Crippen MR) is 80.9 cm³/mol. The molecule has 0 atom stereocenters. The molecule has 2 N–H and O–H groups in total. The van der Waals surface area contributed by atoms with Gasteiger partial charge in [0, 0.05) is 12.1 Å². The number of aromatic amines is 1. The van der Waals surface area contributed by atoms with Crippen molar-refractivity contribution in [1.29, 1.82) is 0 Å². The van der Waals surface area contributed by atoms with Crippen LogP contribution in [0.4, 0.5) is 5.69 Å². The predicted octanol–water partition coefficient (Wildman–Crippen LogP) is 2.66. The van der Waals surface area contributed by atoms with Gasteiger partial charge in [-0.2, -0.15) is 0 Å². The first-order valence-electron chi connectivity index (χ1n) is 6.64.